The Morgan fingerprint density at radius 3 is 2.64 bits per heavy atom. The van der Waals surface area contributed by atoms with Gasteiger partial charge in [0.15, 0.2) is 0 Å². The van der Waals surface area contributed by atoms with E-state index in [4.69, 9.17) is 9.47 Å². The molecule has 0 radical (unpaired) electrons. The van der Waals surface area contributed by atoms with Gasteiger partial charge in [-0.05, 0) is 42.0 Å². The number of fused-ring (bicyclic) bond motifs is 1. The number of ether oxygens (including phenoxy) is 2. The number of carbonyl (C=O) groups is 1. The summed E-state index contributed by atoms with van der Waals surface area (Å²) in [4.78, 5) is 16.3. The van der Waals surface area contributed by atoms with Crippen LogP contribution in [0.2, 0.25) is 0 Å². The highest BCUT2D eigenvalue weighted by Gasteiger charge is 2.11. The van der Waals surface area contributed by atoms with E-state index in [1.807, 2.05) is 83.7 Å². The van der Waals surface area contributed by atoms with Crippen molar-refractivity contribution in [3.63, 3.8) is 0 Å². The van der Waals surface area contributed by atoms with Gasteiger partial charge in [0.25, 0.3) is 0 Å². The van der Waals surface area contributed by atoms with Crippen molar-refractivity contribution in [3.05, 3.63) is 90.4 Å². The molecule has 2 aromatic heterocycles. The fourth-order valence-electron chi connectivity index (χ4n) is 3.07. The van der Waals surface area contributed by atoms with E-state index < -0.39 is 0 Å². The standard InChI is InChI=1S/C23H20N2O3/c1-27-23(26)15-17-8-11-22(21(14-17)25-12-4-5-13-25)28-16-19-10-9-18-6-2-3-7-20(18)24-19/h2-14H,15-16H2,1H3. The second-order valence-electron chi connectivity index (χ2n) is 6.43. The quantitative estimate of drug-likeness (QED) is 0.473. The third-order valence-corrected chi connectivity index (χ3v) is 4.51. The van der Waals surface area contributed by atoms with E-state index in [-0.39, 0.29) is 12.4 Å². The van der Waals surface area contributed by atoms with E-state index in [2.05, 4.69) is 4.98 Å². The number of methoxy groups -OCH3 is 1. The number of hydrogen-bond acceptors (Lipinski definition) is 4. The smallest absolute Gasteiger partial charge is 0.309 e. The first kappa shape index (κ1) is 17.8. The molecule has 2 heterocycles. The molecule has 0 bridgehead atoms. The Balaban J connectivity index is 1.59. The van der Waals surface area contributed by atoms with Crippen LogP contribution in [0.1, 0.15) is 11.3 Å². The van der Waals surface area contributed by atoms with Gasteiger partial charge < -0.3 is 14.0 Å². The molecular weight excluding hydrogens is 352 g/mol. The van der Waals surface area contributed by atoms with Gasteiger partial charge in [0.2, 0.25) is 0 Å². The van der Waals surface area contributed by atoms with E-state index >= 15 is 0 Å². The fourth-order valence-corrected chi connectivity index (χ4v) is 3.07. The molecule has 0 aliphatic carbocycles. The van der Waals surface area contributed by atoms with Crippen LogP contribution < -0.4 is 4.74 Å². The average molecular weight is 372 g/mol. The van der Waals surface area contributed by atoms with Crippen LogP contribution in [-0.2, 0) is 22.6 Å². The molecule has 5 nitrogen and oxygen atoms in total. The Hall–Kier alpha value is -3.60. The highest BCUT2D eigenvalue weighted by atomic mass is 16.5. The van der Waals surface area contributed by atoms with Gasteiger partial charge in [-0.15, -0.1) is 0 Å². The summed E-state index contributed by atoms with van der Waals surface area (Å²) in [5.74, 6) is 0.451. The number of rotatable bonds is 6. The second-order valence-corrected chi connectivity index (χ2v) is 6.43. The predicted octanol–water partition coefficient (Wildman–Crippen LogP) is 4.32. The molecule has 0 saturated heterocycles. The molecule has 0 amide bonds. The summed E-state index contributed by atoms with van der Waals surface area (Å²) in [7, 11) is 1.39. The normalized spacial score (nSPS) is 10.8. The van der Waals surface area contributed by atoms with Crippen LogP contribution >= 0.6 is 0 Å². The van der Waals surface area contributed by atoms with Gasteiger partial charge in [0.05, 0.1) is 30.4 Å². The molecular formula is C23H20N2O3. The van der Waals surface area contributed by atoms with Gasteiger partial charge in [-0.2, -0.15) is 0 Å². The largest absolute Gasteiger partial charge is 0.485 e. The molecule has 28 heavy (non-hydrogen) atoms. The van der Waals surface area contributed by atoms with Gasteiger partial charge in [-0.3, -0.25) is 4.79 Å². The number of benzene rings is 2. The highest BCUT2D eigenvalue weighted by Crippen LogP contribution is 2.26. The molecule has 0 N–H and O–H groups in total. The summed E-state index contributed by atoms with van der Waals surface area (Å²) in [6, 6.07) is 21.6. The lowest BCUT2D eigenvalue weighted by Gasteiger charge is -2.14. The Kier molecular flexibility index (Phi) is 5.06. The minimum atomic E-state index is -0.271. The molecule has 0 spiro atoms. The number of hydrogen-bond donors (Lipinski definition) is 0. The van der Waals surface area contributed by atoms with E-state index in [9.17, 15) is 4.79 Å². The first-order valence-corrected chi connectivity index (χ1v) is 9.03. The second kappa shape index (κ2) is 7.96. The maximum Gasteiger partial charge on any atom is 0.309 e. The van der Waals surface area contributed by atoms with Gasteiger partial charge in [-0.1, -0.05) is 30.3 Å². The zero-order valence-electron chi connectivity index (χ0n) is 15.5. The molecule has 5 heteroatoms. The zero-order chi connectivity index (χ0) is 19.3. The van der Waals surface area contributed by atoms with Crippen molar-refractivity contribution in [1.29, 1.82) is 0 Å². The van der Waals surface area contributed by atoms with Gasteiger partial charge in [0, 0.05) is 17.8 Å². The molecule has 0 saturated carbocycles. The molecule has 2 aromatic carbocycles. The number of pyridine rings is 1. The lowest BCUT2D eigenvalue weighted by atomic mass is 10.1. The Bertz CT molecular complexity index is 1100. The zero-order valence-corrected chi connectivity index (χ0v) is 15.5. The SMILES string of the molecule is COC(=O)Cc1ccc(OCc2ccc3ccccc3n2)c(-n2cccc2)c1. The highest BCUT2D eigenvalue weighted by molar-refractivity contribution is 5.78. The van der Waals surface area contributed by atoms with Gasteiger partial charge >= 0.3 is 5.97 Å². The van der Waals surface area contributed by atoms with Crippen molar-refractivity contribution in [2.75, 3.05) is 7.11 Å². The summed E-state index contributed by atoms with van der Waals surface area (Å²) in [6.45, 7) is 0.357. The van der Waals surface area contributed by atoms with Crippen LogP contribution in [0.5, 0.6) is 5.75 Å². The molecule has 0 aliphatic heterocycles. The minimum absolute atomic E-state index is 0.220. The Morgan fingerprint density at radius 2 is 1.82 bits per heavy atom. The van der Waals surface area contributed by atoms with E-state index in [1.165, 1.54) is 7.11 Å². The third-order valence-electron chi connectivity index (χ3n) is 4.51. The molecule has 0 unspecified atom stereocenters. The van der Waals surface area contributed by atoms with E-state index in [1.54, 1.807) is 0 Å². The maximum atomic E-state index is 11.6. The lowest BCUT2D eigenvalue weighted by molar-refractivity contribution is -0.139. The monoisotopic (exact) mass is 372 g/mol. The summed E-state index contributed by atoms with van der Waals surface area (Å²) in [6.07, 6.45) is 4.11. The van der Waals surface area contributed by atoms with E-state index in [0.717, 1.165) is 33.6 Å². The predicted molar refractivity (Wildman–Crippen MR) is 108 cm³/mol. The van der Waals surface area contributed by atoms with Crippen molar-refractivity contribution >= 4 is 16.9 Å². The van der Waals surface area contributed by atoms with Crippen molar-refractivity contribution in [3.8, 4) is 11.4 Å². The number of nitrogens with zero attached hydrogens (tertiary/aromatic N) is 2. The molecule has 0 atom stereocenters. The van der Waals surface area contributed by atoms with Crippen LogP contribution in [0.4, 0.5) is 0 Å². The van der Waals surface area contributed by atoms with Crippen LogP contribution in [0.25, 0.3) is 16.6 Å². The molecule has 0 aliphatic rings. The topological polar surface area (TPSA) is 53.4 Å². The van der Waals surface area contributed by atoms with E-state index in [0.29, 0.717) is 6.61 Å². The first-order chi connectivity index (χ1) is 13.7. The number of carbonyl (C=O) groups excluding carboxylic acids is 1. The third kappa shape index (κ3) is 3.88. The number of esters is 1. The molecule has 140 valence electrons. The number of para-hydroxylation sites is 1. The van der Waals surface area contributed by atoms with Gasteiger partial charge in [-0.25, -0.2) is 4.98 Å². The Morgan fingerprint density at radius 1 is 1.00 bits per heavy atom. The van der Waals surface area contributed by atoms with Crippen molar-refractivity contribution in [2.24, 2.45) is 0 Å². The molecule has 4 rings (SSSR count). The molecule has 0 fully saturated rings. The van der Waals surface area contributed by atoms with Gasteiger partial charge in [0.1, 0.15) is 12.4 Å². The van der Waals surface area contributed by atoms with Crippen LogP contribution in [-0.4, -0.2) is 22.6 Å². The van der Waals surface area contributed by atoms with Crippen LogP contribution in [0.15, 0.2) is 79.1 Å². The van der Waals surface area contributed by atoms with Crippen molar-refractivity contribution < 1.29 is 14.3 Å². The maximum absolute atomic E-state index is 11.6. The summed E-state index contributed by atoms with van der Waals surface area (Å²) in [5, 5.41) is 1.10. The summed E-state index contributed by atoms with van der Waals surface area (Å²) >= 11 is 0. The number of aromatic nitrogens is 2. The Labute approximate surface area is 163 Å². The minimum Gasteiger partial charge on any atom is -0.485 e. The lowest BCUT2D eigenvalue weighted by Crippen LogP contribution is -2.06. The van der Waals surface area contributed by atoms with Crippen LogP contribution in [0, 0.1) is 0 Å². The summed E-state index contributed by atoms with van der Waals surface area (Å²) < 4.78 is 12.8. The van der Waals surface area contributed by atoms with Crippen molar-refractivity contribution in [1.82, 2.24) is 9.55 Å². The van der Waals surface area contributed by atoms with Crippen molar-refractivity contribution in [2.45, 2.75) is 13.0 Å². The first-order valence-electron chi connectivity index (χ1n) is 9.03. The average Bonchev–Trinajstić information content (AvgIpc) is 3.27. The fraction of sp³-hybridized carbons (Fsp3) is 0.130. The molecule has 4 aromatic rings. The summed E-state index contributed by atoms with van der Waals surface area (Å²) in [5.41, 5.74) is 3.54. The van der Waals surface area contributed by atoms with Crippen LogP contribution in [0.3, 0.4) is 0 Å².